The smallest absolute Gasteiger partial charge is 0.331 e. The third kappa shape index (κ3) is 1.52. The van der Waals surface area contributed by atoms with Gasteiger partial charge in [0.2, 0.25) is 5.91 Å². The van der Waals surface area contributed by atoms with E-state index in [0.29, 0.717) is 13.0 Å². The first-order valence-electron chi connectivity index (χ1n) is 4.58. The molecule has 1 aliphatic rings. The molecule has 0 aliphatic carbocycles. The molecule has 0 aromatic carbocycles. The molecule has 0 bridgehead atoms. The summed E-state index contributed by atoms with van der Waals surface area (Å²) in [5, 5.41) is 0. The van der Waals surface area contributed by atoms with Gasteiger partial charge in [-0.3, -0.25) is 4.79 Å². The molecule has 1 heterocycles. The van der Waals surface area contributed by atoms with Gasteiger partial charge in [-0.2, -0.15) is 0 Å². The van der Waals surface area contributed by atoms with Crippen LogP contribution in [0.5, 0.6) is 0 Å². The van der Waals surface area contributed by atoms with Gasteiger partial charge in [-0.1, -0.05) is 6.58 Å². The van der Waals surface area contributed by atoms with Crippen LogP contribution in [0.4, 0.5) is 0 Å². The predicted octanol–water partition coefficient (Wildman–Crippen LogP) is 0.726. The molecule has 4 nitrogen and oxygen atoms in total. The Hall–Kier alpha value is -1.32. The zero-order valence-electron chi connectivity index (χ0n) is 8.58. The highest BCUT2D eigenvalue weighted by molar-refractivity contribution is 5.93. The van der Waals surface area contributed by atoms with Crippen molar-refractivity contribution in [2.75, 3.05) is 13.7 Å². The molecule has 0 radical (unpaired) electrons. The van der Waals surface area contributed by atoms with Crippen LogP contribution in [0.1, 0.15) is 19.8 Å². The molecule has 0 aromatic rings. The van der Waals surface area contributed by atoms with E-state index in [9.17, 15) is 9.59 Å². The molecule has 0 spiro atoms. The highest BCUT2D eigenvalue weighted by Gasteiger charge is 2.45. The standard InChI is InChI=1S/C10H15NO3/c1-4-8(12)11-7-5-6-10(11,2)9(13)14-3/h4H,1,5-7H2,2-3H3/t10-/m1/s1. The first kappa shape index (κ1) is 10.8. The third-order valence-corrected chi connectivity index (χ3v) is 2.71. The second-order valence-corrected chi connectivity index (χ2v) is 3.56. The van der Waals surface area contributed by atoms with E-state index < -0.39 is 5.54 Å². The van der Waals surface area contributed by atoms with Gasteiger partial charge in [-0.25, -0.2) is 4.79 Å². The van der Waals surface area contributed by atoms with Crippen molar-refractivity contribution in [1.29, 1.82) is 0 Å². The van der Waals surface area contributed by atoms with Crippen molar-refractivity contribution in [3.05, 3.63) is 12.7 Å². The van der Waals surface area contributed by atoms with E-state index in [0.717, 1.165) is 6.42 Å². The topological polar surface area (TPSA) is 46.6 Å². The van der Waals surface area contributed by atoms with Gasteiger partial charge in [-0.15, -0.1) is 0 Å². The molecule has 1 saturated heterocycles. The Labute approximate surface area is 83.5 Å². The lowest BCUT2D eigenvalue weighted by Crippen LogP contribution is -2.50. The molecule has 78 valence electrons. The quantitative estimate of drug-likeness (QED) is 0.484. The van der Waals surface area contributed by atoms with Gasteiger partial charge >= 0.3 is 5.97 Å². The number of carbonyl (C=O) groups excluding carboxylic acids is 2. The van der Waals surface area contributed by atoms with Gasteiger partial charge in [0.1, 0.15) is 5.54 Å². The normalized spacial score (nSPS) is 26.0. The summed E-state index contributed by atoms with van der Waals surface area (Å²) in [6.45, 7) is 5.74. The van der Waals surface area contributed by atoms with Crippen molar-refractivity contribution in [2.24, 2.45) is 0 Å². The maximum Gasteiger partial charge on any atom is 0.331 e. The molecular weight excluding hydrogens is 182 g/mol. The van der Waals surface area contributed by atoms with Crippen LogP contribution < -0.4 is 0 Å². The molecule has 1 fully saturated rings. The number of esters is 1. The van der Waals surface area contributed by atoms with E-state index in [2.05, 4.69) is 6.58 Å². The van der Waals surface area contributed by atoms with Crippen LogP contribution in [0.15, 0.2) is 12.7 Å². The molecular formula is C10H15NO3. The number of rotatable bonds is 2. The summed E-state index contributed by atoms with van der Waals surface area (Å²) in [6.07, 6.45) is 2.71. The number of ether oxygens (including phenoxy) is 1. The van der Waals surface area contributed by atoms with Crippen LogP contribution in [0.25, 0.3) is 0 Å². The monoisotopic (exact) mass is 197 g/mol. The molecule has 0 unspecified atom stereocenters. The number of methoxy groups -OCH3 is 1. The van der Waals surface area contributed by atoms with E-state index in [4.69, 9.17) is 4.74 Å². The third-order valence-electron chi connectivity index (χ3n) is 2.71. The summed E-state index contributed by atoms with van der Waals surface area (Å²) in [7, 11) is 1.34. The Kier molecular flexibility index (Phi) is 2.93. The van der Waals surface area contributed by atoms with Crippen LogP contribution >= 0.6 is 0 Å². The number of nitrogens with zero attached hydrogens (tertiary/aromatic N) is 1. The number of hydrogen-bond acceptors (Lipinski definition) is 3. The van der Waals surface area contributed by atoms with Crippen LogP contribution in [0, 0.1) is 0 Å². The zero-order valence-corrected chi connectivity index (χ0v) is 8.58. The number of likely N-dealkylation sites (tertiary alicyclic amines) is 1. The summed E-state index contributed by atoms with van der Waals surface area (Å²) in [4.78, 5) is 24.5. The van der Waals surface area contributed by atoms with Crippen molar-refractivity contribution < 1.29 is 14.3 Å². The van der Waals surface area contributed by atoms with E-state index >= 15 is 0 Å². The van der Waals surface area contributed by atoms with Gasteiger partial charge in [0.25, 0.3) is 0 Å². The van der Waals surface area contributed by atoms with Crippen LogP contribution in [0.3, 0.4) is 0 Å². The summed E-state index contributed by atoms with van der Waals surface area (Å²) in [5.41, 5.74) is -0.806. The molecule has 4 heteroatoms. The van der Waals surface area contributed by atoms with E-state index in [-0.39, 0.29) is 11.9 Å². The van der Waals surface area contributed by atoms with Crippen molar-refractivity contribution in [2.45, 2.75) is 25.3 Å². The average molecular weight is 197 g/mol. The molecule has 1 atom stereocenters. The Bertz CT molecular complexity index is 275. The molecule has 14 heavy (non-hydrogen) atoms. The van der Waals surface area contributed by atoms with Crippen molar-refractivity contribution in [3.8, 4) is 0 Å². The number of hydrogen-bond donors (Lipinski definition) is 0. The first-order chi connectivity index (χ1) is 6.56. The lowest BCUT2D eigenvalue weighted by Gasteiger charge is -2.31. The molecule has 0 saturated carbocycles. The van der Waals surface area contributed by atoms with Gasteiger partial charge < -0.3 is 9.64 Å². The second-order valence-electron chi connectivity index (χ2n) is 3.56. The summed E-state index contributed by atoms with van der Waals surface area (Å²) < 4.78 is 4.69. The van der Waals surface area contributed by atoms with Crippen LogP contribution in [0.2, 0.25) is 0 Å². The Morgan fingerprint density at radius 2 is 2.21 bits per heavy atom. The first-order valence-corrected chi connectivity index (χ1v) is 4.58. The fourth-order valence-corrected chi connectivity index (χ4v) is 1.86. The zero-order chi connectivity index (χ0) is 10.8. The Morgan fingerprint density at radius 1 is 1.57 bits per heavy atom. The van der Waals surface area contributed by atoms with Crippen molar-refractivity contribution in [3.63, 3.8) is 0 Å². The number of carbonyl (C=O) groups is 2. The molecule has 1 rings (SSSR count). The van der Waals surface area contributed by atoms with E-state index in [1.807, 2.05) is 0 Å². The molecule has 1 aliphatic heterocycles. The highest BCUT2D eigenvalue weighted by Crippen LogP contribution is 2.30. The SMILES string of the molecule is C=CC(=O)N1CCC[C@]1(C)C(=O)OC. The molecule has 0 aromatic heterocycles. The summed E-state index contributed by atoms with van der Waals surface area (Å²) in [6, 6.07) is 0. The van der Waals surface area contributed by atoms with E-state index in [1.165, 1.54) is 18.1 Å². The minimum Gasteiger partial charge on any atom is -0.467 e. The fraction of sp³-hybridized carbons (Fsp3) is 0.600. The minimum absolute atomic E-state index is 0.213. The fourth-order valence-electron chi connectivity index (χ4n) is 1.86. The lowest BCUT2D eigenvalue weighted by molar-refractivity contribution is -0.156. The maximum atomic E-state index is 11.5. The van der Waals surface area contributed by atoms with Crippen molar-refractivity contribution in [1.82, 2.24) is 4.90 Å². The largest absolute Gasteiger partial charge is 0.467 e. The predicted molar refractivity (Wildman–Crippen MR) is 51.6 cm³/mol. The number of amides is 1. The van der Waals surface area contributed by atoms with Crippen molar-refractivity contribution >= 4 is 11.9 Å². The lowest BCUT2D eigenvalue weighted by atomic mass is 9.99. The summed E-state index contributed by atoms with van der Waals surface area (Å²) >= 11 is 0. The minimum atomic E-state index is -0.806. The highest BCUT2D eigenvalue weighted by atomic mass is 16.5. The van der Waals surface area contributed by atoms with Gasteiger partial charge in [-0.05, 0) is 25.8 Å². The van der Waals surface area contributed by atoms with Gasteiger partial charge in [0.15, 0.2) is 0 Å². The Balaban J connectivity index is 2.91. The van der Waals surface area contributed by atoms with Gasteiger partial charge in [0.05, 0.1) is 7.11 Å². The molecule has 0 N–H and O–H groups in total. The molecule has 1 amide bonds. The summed E-state index contributed by atoms with van der Waals surface area (Å²) in [5.74, 6) is -0.569. The second kappa shape index (κ2) is 3.82. The Morgan fingerprint density at radius 3 is 2.71 bits per heavy atom. The average Bonchev–Trinajstić information content (AvgIpc) is 2.59. The van der Waals surface area contributed by atoms with Crippen LogP contribution in [-0.4, -0.2) is 36.0 Å². The van der Waals surface area contributed by atoms with E-state index in [1.54, 1.807) is 6.92 Å². The van der Waals surface area contributed by atoms with Gasteiger partial charge in [0, 0.05) is 6.54 Å². The van der Waals surface area contributed by atoms with Crippen LogP contribution in [-0.2, 0) is 14.3 Å². The maximum absolute atomic E-state index is 11.5.